The Balaban J connectivity index is 2.63. The minimum atomic E-state index is -0.944. The van der Waals surface area contributed by atoms with E-state index in [-0.39, 0.29) is 0 Å². The van der Waals surface area contributed by atoms with Crippen molar-refractivity contribution in [3.05, 3.63) is 0 Å². The zero-order valence-electron chi connectivity index (χ0n) is 6.31. The minimum absolute atomic E-state index is 0.392. The lowest BCUT2D eigenvalue weighted by molar-refractivity contribution is -0.147. The molecule has 1 fully saturated rings. The summed E-state index contributed by atoms with van der Waals surface area (Å²) in [5, 5.41) is 10.0. The maximum Gasteiger partial charge on any atom is 0.322 e. The van der Waals surface area contributed by atoms with E-state index in [1.54, 1.807) is 0 Å². The van der Waals surface area contributed by atoms with Gasteiger partial charge in [-0.1, -0.05) is 0 Å². The third kappa shape index (κ3) is 1.67. The van der Waals surface area contributed by atoms with E-state index >= 15 is 0 Å². The lowest BCUT2D eigenvalue weighted by atomic mass is 10.2. The molecule has 12 heavy (non-hydrogen) atoms. The zero-order valence-corrected chi connectivity index (χ0v) is 7.07. The molecule has 1 rings (SSSR count). The number of carbonyl (C=O) groups excluding carboxylic acids is 1. The summed E-state index contributed by atoms with van der Waals surface area (Å²) in [6.45, 7) is 0.513. The van der Waals surface area contributed by atoms with E-state index in [0.717, 1.165) is 10.9 Å². The Morgan fingerprint density at radius 2 is 2.42 bits per heavy atom. The quantitative estimate of drug-likeness (QED) is 0.508. The van der Waals surface area contributed by atoms with Gasteiger partial charge in [0.25, 0.3) is 0 Å². The summed E-state index contributed by atoms with van der Waals surface area (Å²) < 4.78 is 0.770. The predicted molar refractivity (Wildman–Crippen MR) is 41.1 cm³/mol. The Labute approximate surface area is 74.6 Å². The lowest BCUT2D eigenvalue weighted by Crippen LogP contribution is -2.43. The van der Waals surface area contributed by atoms with Crippen LogP contribution in [0.15, 0.2) is 0 Å². The van der Waals surface area contributed by atoms with Crippen LogP contribution in [-0.2, 0) is 9.59 Å². The average molecular weight is 193 g/mol. The molecule has 0 saturated carbocycles. The molecule has 0 unspecified atom stereocenters. The summed E-state index contributed by atoms with van der Waals surface area (Å²) in [6, 6.07) is -0.660. The van der Waals surface area contributed by atoms with Crippen molar-refractivity contribution in [2.75, 3.05) is 6.54 Å². The third-order valence-corrected chi connectivity index (χ3v) is 2.12. The van der Waals surface area contributed by atoms with Gasteiger partial charge >= 0.3 is 5.97 Å². The molecule has 0 spiro atoms. The first kappa shape index (κ1) is 9.28. The first-order chi connectivity index (χ1) is 5.66. The Kier molecular flexibility index (Phi) is 2.88. The fourth-order valence-corrected chi connectivity index (χ4v) is 1.47. The van der Waals surface area contributed by atoms with Crippen molar-refractivity contribution in [3.8, 4) is 0 Å². The van der Waals surface area contributed by atoms with Gasteiger partial charge in [0.1, 0.15) is 6.04 Å². The number of carbonyl (C=O) groups is 2. The highest BCUT2D eigenvalue weighted by atomic mass is 35.5. The number of hydrogen-bond acceptors (Lipinski definition) is 3. The summed E-state index contributed by atoms with van der Waals surface area (Å²) >= 11 is 5.44. The Bertz CT molecular complexity index is 199. The molecule has 1 saturated heterocycles. The largest absolute Gasteiger partial charge is 0.480 e. The average Bonchev–Trinajstić information content (AvgIpc) is 2.50. The monoisotopic (exact) mass is 192 g/mol. The van der Waals surface area contributed by atoms with E-state index in [0.29, 0.717) is 19.4 Å². The summed E-state index contributed by atoms with van der Waals surface area (Å²) in [5.41, 5.74) is 0. The number of rotatable bonds is 3. The highest BCUT2D eigenvalue weighted by molar-refractivity contribution is 6.17. The normalized spacial score (nSPS) is 23.9. The fraction of sp³-hybridized carbons (Fsp3) is 0.667. The van der Waals surface area contributed by atoms with Crippen LogP contribution in [0.25, 0.3) is 0 Å². The van der Waals surface area contributed by atoms with Crippen molar-refractivity contribution in [1.82, 2.24) is 9.54 Å². The number of nitrogens with zero attached hydrogens (tertiary/aromatic N) is 2. The van der Waals surface area contributed by atoms with E-state index in [1.165, 1.54) is 5.01 Å². The molecular weight excluding hydrogens is 184 g/mol. The number of amides is 1. The topological polar surface area (TPSA) is 60.9 Å². The second-order valence-corrected chi connectivity index (χ2v) is 2.90. The van der Waals surface area contributed by atoms with E-state index in [4.69, 9.17) is 16.9 Å². The molecule has 1 atom stereocenters. The van der Waals surface area contributed by atoms with Crippen LogP contribution in [0.4, 0.5) is 0 Å². The van der Waals surface area contributed by atoms with Crippen LogP contribution in [0.1, 0.15) is 12.8 Å². The smallest absolute Gasteiger partial charge is 0.322 e. The molecule has 0 aliphatic carbocycles. The molecular formula is C6H9ClN2O3. The molecule has 1 N–H and O–H groups in total. The molecule has 0 radical (unpaired) electrons. The van der Waals surface area contributed by atoms with Crippen LogP contribution in [0.5, 0.6) is 0 Å². The van der Waals surface area contributed by atoms with Gasteiger partial charge in [-0.25, -0.2) is 0 Å². The van der Waals surface area contributed by atoms with Crippen LogP contribution >= 0.6 is 11.8 Å². The molecule has 0 aromatic heterocycles. The highest BCUT2D eigenvalue weighted by Crippen LogP contribution is 2.19. The first-order valence-corrected chi connectivity index (χ1v) is 3.90. The molecule has 1 aliphatic rings. The summed E-state index contributed by atoms with van der Waals surface area (Å²) in [7, 11) is 0. The van der Waals surface area contributed by atoms with E-state index < -0.39 is 12.0 Å². The van der Waals surface area contributed by atoms with Crippen molar-refractivity contribution >= 4 is 24.2 Å². The standard InChI is InChI=1S/C6H9ClN2O3/c7-9(4-10)8-3-1-2-5(8)6(11)12/h4-5H,1-3H2,(H,11,12)/t5-/m0/s1. The molecule has 1 aliphatic heterocycles. The zero-order chi connectivity index (χ0) is 9.14. The van der Waals surface area contributed by atoms with Crippen LogP contribution in [0, 0.1) is 0 Å². The van der Waals surface area contributed by atoms with Crippen LogP contribution in [-0.4, -0.2) is 39.6 Å². The molecule has 1 heterocycles. The third-order valence-electron chi connectivity index (χ3n) is 1.84. The van der Waals surface area contributed by atoms with Gasteiger partial charge in [-0.05, 0) is 12.8 Å². The van der Waals surface area contributed by atoms with E-state index in [9.17, 15) is 9.59 Å². The van der Waals surface area contributed by atoms with Gasteiger partial charge in [-0.15, -0.1) is 0 Å². The maximum absolute atomic E-state index is 10.6. The van der Waals surface area contributed by atoms with Crippen LogP contribution < -0.4 is 0 Å². The minimum Gasteiger partial charge on any atom is -0.480 e. The van der Waals surface area contributed by atoms with Gasteiger partial charge in [0.2, 0.25) is 6.41 Å². The molecule has 68 valence electrons. The highest BCUT2D eigenvalue weighted by Gasteiger charge is 2.33. The number of halogens is 1. The Morgan fingerprint density at radius 3 is 2.92 bits per heavy atom. The van der Waals surface area contributed by atoms with Gasteiger partial charge in [0.15, 0.2) is 0 Å². The summed E-state index contributed by atoms with van der Waals surface area (Å²) in [6.07, 6.45) is 1.67. The Morgan fingerprint density at radius 1 is 1.75 bits per heavy atom. The first-order valence-electron chi connectivity index (χ1n) is 3.56. The number of hydrogen-bond donors (Lipinski definition) is 1. The fourth-order valence-electron chi connectivity index (χ4n) is 1.29. The second kappa shape index (κ2) is 3.73. The predicted octanol–water partition coefficient (Wildman–Crippen LogP) is 0.0626. The molecule has 0 bridgehead atoms. The molecule has 5 nitrogen and oxygen atoms in total. The molecule has 1 amide bonds. The van der Waals surface area contributed by atoms with Crippen molar-refractivity contribution in [2.45, 2.75) is 18.9 Å². The SMILES string of the molecule is O=CN(Cl)N1CCC[C@H]1C(=O)O. The molecule has 0 aromatic carbocycles. The van der Waals surface area contributed by atoms with Crippen molar-refractivity contribution in [1.29, 1.82) is 0 Å². The maximum atomic E-state index is 10.6. The van der Waals surface area contributed by atoms with Gasteiger partial charge < -0.3 is 5.11 Å². The summed E-state index contributed by atoms with van der Waals surface area (Å²) in [5.74, 6) is -0.944. The van der Waals surface area contributed by atoms with E-state index in [1.807, 2.05) is 0 Å². The van der Waals surface area contributed by atoms with Crippen molar-refractivity contribution in [2.24, 2.45) is 0 Å². The number of carboxylic acids is 1. The van der Waals surface area contributed by atoms with E-state index in [2.05, 4.69) is 0 Å². The van der Waals surface area contributed by atoms with Gasteiger partial charge in [-0.3, -0.25) is 9.59 Å². The number of hydrazine groups is 1. The summed E-state index contributed by atoms with van der Waals surface area (Å²) in [4.78, 5) is 20.8. The number of carboxylic acid groups (broad SMARTS) is 1. The van der Waals surface area contributed by atoms with Gasteiger partial charge in [0.05, 0.1) is 0 Å². The Hall–Kier alpha value is -0.810. The van der Waals surface area contributed by atoms with Crippen LogP contribution in [0.3, 0.4) is 0 Å². The van der Waals surface area contributed by atoms with Gasteiger partial charge in [-0.2, -0.15) is 9.54 Å². The van der Waals surface area contributed by atoms with Crippen molar-refractivity contribution < 1.29 is 14.7 Å². The van der Waals surface area contributed by atoms with Crippen LogP contribution in [0.2, 0.25) is 0 Å². The second-order valence-electron chi connectivity index (χ2n) is 2.55. The molecule has 6 heteroatoms. The molecule has 0 aromatic rings. The number of aliphatic carboxylic acids is 1. The van der Waals surface area contributed by atoms with Crippen molar-refractivity contribution in [3.63, 3.8) is 0 Å². The van der Waals surface area contributed by atoms with Gasteiger partial charge in [0, 0.05) is 18.3 Å². The lowest BCUT2D eigenvalue weighted by Gasteiger charge is -2.24.